The SMILES string of the molecule is CC(C)N(CCC(N)C1CC1)CC1CC1. The molecular formula is C13H26N2. The first kappa shape index (κ1) is 11.4. The molecule has 0 aromatic rings. The average molecular weight is 210 g/mol. The molecule has 2 rings (SSSR count). The molecule has 2 aliphatic carbocycles. The van der Waals surface area contributed by atoms with Crippen molar-refractivity contribution < 1.29 is 0 Å². The summed E-state index contributed by atoms with van der Waals surface area (Å²) in [5.41, 5.74) is 6.15. The second kappa shape index (κ2) is 4.84. The molecule has 0 saturated heterocycles. The first-order valence-electron chi connectivity index (χ1n) is 6.66. The van der Waals surface area contributed by atoms with E-state index in [0.717, 1.165) is 11.8 Å². The van der Waals surface area contributed by atoms with Crippen LogP contribution in [0.15, 0.2) is 0 Å². The summed E-state index contributed by atoms with van der Waals surface area (Å²) in [5.74, 6) is 1.87. The van der Waals surface area contributed by atoms with Gasteiger partial charge in [-0.15, -0.1) is 0 Å². The van der Waals surface area contributed by atoms with Crippen molar-refractivity contribution in [1.29, 1.82) is 0 Å². The van der Waals surface area contributed by atoms with Crippen molar-refractivity contribution in [3.8, 4) is 0 Å². The zero-order chi connectivity index (χ0) is 10.8. The highest BCUT2D eigenvalue weighted by molar-refractivity contribution is 4.85. The highest BCUT2D eigenvalue weighted by atomic mass is 15.1. The molecule has 2 fully saturated rings. The zero-order valence-electron chi connectivity index (χ0n) is 10.3. The number of rotatable bonds is 7. The highest BCUT2D eigenvalue weighted by Crippen LogP contribution is 2.33. The van der Waals surface area contributed by atoms with Gasteiger partial charge in [0.25, 0.3) is 0 Å². The van der Waals surface area contributed by atoms with Gasteiger partial charge in [0.2, 0.25) is 0 Å². The van der Waals surface area contributed by atoms with Gasteiger partial charge in [0.1, 0.15) is 0 Å². The van der Waals surface area contributed by atoms with E-state index < -0.39 is 0 Å². The topological polar surface area (TPSA) is 29.3 Å². The molecule has 2 nitrogen and oxygen atoms in total. The molecule has 88 valence electrons. The number of nitrogens with two attached hydrogens (primary N) is 1. The Morgan fingerprint density at radius 2 is 1.87 bits per heavy atom. The van der Waals surface area contributed by atoms with Gasteiger partial charge in [-0.2, -0.15) is 0 Å². The Balaban J connectivity index is 1.67. The lowest BCUT2D eigenvalue weighted by molar-refractivity contribution is 0.203. The van der Waals surface area contributed by atoms with Gasteiger partial charge in [0.15, 0.2) is 0 Å². The third-order valence-corrected chi connectivity index (χ3v) is 3.90. The molecule has 0 aromatic carbocycles. The van der Waals surface area contributed by atoms with Crippen LogP contribution >= 0.6 is 0 Å². The van der Waals surface area contributed by atoms with E-state index in [1.165, 1.54) is 45.2 Å². The summed E-state index contributed by atoms with van der Waals surface area (Å²) in [5, 5.41) is 0. The highest BCUT2D eigenvalue weighted by Gasteiger charge is 2.30. The summed E-state index contributed by atoms with van der Waals surface area (Å²) < 4.78 is 0. The van der Waals surface area contributed by atoms with Crippen molar-refractivity contribution in [2.75, 3.05) is 13.1 Å². The Labute approximate surface area is 94.2 Å². The normalized spacial score (nSPS) is 23.8. The van der Waals surface area contributed by atoms with Crippen molar-refractivity contribution in [3.05, 3.63) is 0 Å². The molecule has 2 heteroatoms. The fourth-order valence-corrected chi connectivity index (χ4v) is 2.27. The summed E-state index contributed by atoms with van der Waals surface area (Å²) >= 11 is 0. The van der Waals surface area contributed by atoms with Crippen molar-refractivity contribution in [3.63, 3.8) is 0 Å². The van der Waals surface area contributed by atoms with E-state index in [0.29, 0.717) is 12.1 Å². The Kier molecular flexibility index (Phi) is 3.68. The summed E-state index contributed by atoms with van der Waals surface area (Å²) in [6.45, 7) is 7.15. The first-order chi connectivity index (χ1) is 7.16. The summed E-state index contributed by atoms with van der Waals surface area (Å²) in [4.78, 5) is 2.62. The van der Waals surface area contributed by atoms with Crippen molar-refractivity contribution in [2.45, 2.75) is 58.0 Å². The third kappa shape index (κ3) is 3.76. The van der Waals surface area contributed by atoms with E-state index in [2.05, 4.69) is 18.7 Å². The first-order valence-corrected chi connectivity index (χ1v) is 6.66. The van der Waals surface area contributed by atoms with Crippen LogP contribution in [-0.2, 0) is 0 Å². The maximum Gasteiger partial charge on any atom is 0.00793 e. The molecule has 2 aliphatic rings. The second-order valence-electron chi connectivity index (χ2n) is 5.82. The van der Waals surface area contributed by atoms with Crippen LogP contribution in [0, 0.1) is 11.8 Å². The molecule has 0 aromatic heterocycles. The molecule has 0 amide bonds. The predicted octanol–water partition coefficient (Wildman–Crippen LogP) is 2.23. The summed E-state index contributed by atoms with van der Waals surface area (Å²) in [7, 11) is 0. The molecule has 0 bridgehead atoms. The van der Waals surface area contributed by atoms with E-state index >= 15 is 0 Å². The molecule has 1 atom stereocenters. The lowest BCUT2D eigenvalue weighted by atomic mass is 10.1. The van der Waals surface area contributed by atoms with Gasteiger partial charge >= 0.3 is 0 Å². The molecule has 0 spiro atoms. The van der Waals surface area contributed by atoms with Gasteiger partial charge in [-0.3, -0.25) is 0 Å². The third-order valence-electron chi connectivity index (χ3n) is 3.90. The standard InChI is InChI=1S/C13H26N2/c1-10(2)15(9-11-3-4-11)8-7-13(14)12-5-6-12/h10-13H,3-9,14H2,1-2H3. The second-order valence-corrected chi connectivity index (χ2v) is 5.82. The Morgan fingerprint density at radius 1 is 1.20 bits per heavy atom. The van der Waals surface area contributed by atoms with E-state index in [1.807, 2.05) is 0 Å². The van der Waals surface area contributed by atoms with Gasteiger partial charge in [-0.05, 0) is 64.3 Å². The molecule has 15 heavy (non-hydrogen) atoms. The molecule has 0 aliphatic heterocycles. The van der Waals surface area contributed by atoms with E-state index in [1.54, 1.807) is 0 Å². The van der Waals surface area contributed by atoms with E-state index in [9.17, 15) is 0 Å². The van der Waals surface area contributed by atoms with Crippen LogP contribution in [0.3, 0.4) is 0 Å². The van der Waals surface area contributed by atoms with Gasteiger partial charge in [-0.1, -0.05) is 0 Å². The van der Waals surface area contributed by atoms with Gasteiger partial charge < -0.3 is 10.6 Å². The minimum absolute atomic E-state index is 0.477. The fourth-order valence-electron chi connectivity index (χ4n) is 2.27. The summed E-state index contributed by atoms with van der Waals surface area (Å²) in [6, 6.07) is 1.17. The molecular weight excluding hydrogens is 184 g/mol. The van der Waals surface area contributed by atoms with Crippen molar-refractivity contribution in [1.82, 2.24) is 4.90 Å². The largest absolute Gasteiger partial charge is 0.327 e. The Bertz CT molecular complexity index is 195. The van der Waals surface area contributed by atoms with Gasteiger partial charge in [-0.25, -0.2) is 0 Å². The van der Waals surface area contributed by atoms with E-state index in [4.69, 9.17) is 5.73 Å². The molecule has 0 radical (unpaired) electrons. The van der Waals surface area contributed by atoms with Crippen LogP contribution in [0.4, 0.5) is 0 Å². The van der Waals surface area contributed by atoms with Gasteiger partial charge in [0, 0.05) is 18.6 Å². The number of hydrogen-bond donors (Lipinski definition) is 1. The van der Waals surface area contributed by atoms with Gasteiger partial charge in [0.05, 0.1) is 0 Å². The Morgan fingerprint density at radius 3 is 2.33 bits per heavy atom. The lowest BCUT2D eigenvalue weighted by Crippen LogP contribution is -2.37. The van der Waals surface area contributed by atoms with Crippen LogP contribution in [-0.4, -0.2) is 30.1 Å². The van der Waals surface area contributed by atoms with Crippen LogP contribution in [0.5, 0.6) is 0 Å². The lowest BCUT2D eigenvalue weighted by Gasteiger charge is -2.27. The number of nitrogens with zero attached hydrogens (tertiary/aromatic N) is 1. The van der Waals surface area contributed by atoms with Crippen molar-refractivity contribution >= 4 is 0 Å². The quantitative estimate of drug-likeness (QED) is 0.698. The maximum atomic E-state index is 6.15. The fraction of sp³-hybridized carbons (Fsp3) is 1.00. The molecule has 2 saturated carbocycles. The smallest absolute Gasteiger partial charge is 0.00793 e. The maximum absolute atomic E-state index is 6.15. The Hall–Kier alpha value is -0.0800. The number of hydrogen-bond acceptors (Lipinski definition) is 2. The molecule has 2 N–H and O–H groups in total. The van der Waals surface area contributed by atoms with Crippen LogP contribution in [0.1, 0.15) is 46.0 Å². The van der Waals surface area contributed by atoms with Crippen LogP contribution in [0.2, 0.25) is 0 Å². The zero-order valence-corrected chi connectivity index (χ0v) is 10.3. The minimum Gasteiger partial charge on any atom is -0.327 e. The minimum atomic E-state index is 0.477. The van der Waals surface area contributed by atoms with Crippen LogP contribution < -0.4 is 5.73 Å². The van der Waals surface area contributed by atoms with E-state index in [-0.39, 0.29) is 0 Å². The molecule has 1 unspecified atom stereocenters. The molecule has 0 heterocycles. The predicted molar refractivity (Wildman–Crippen MR) is 64.7 cm³/mol. The van der Waals surface area contributed by atoms with Crippen LogP contribution in [0.25, 0.3) is 0 Å². The average Bonchev–Trinajstić information content (AvgIpc) is 3.02. The summed E-state index contributed by atoms with van der Waals surface area (Å²) in [6.07, 6.45) is 6.88. The monoisotopic (exact) mass is 210 g/mol. The van der Waals surface area contributed by atoms with Crippen molar-refractivity contribution in [2.24, 2.45) is 17.6 Å².